The number of aliphatic hydroxyl groups excluding tert-OH is 4. The molecule has 24 heteroatoms. The number of fused-ring (bicyclic) bond motifs is 8. The maximum absolute atomic E-state index is 12.4. The number of hydrogen-bond donors (Lipinski definition) is 8. The maximum Gasteiger partial charge on any atom is 0.341 e. The van der Waals surface area contributed by atoms with Crippen LogP contribution >= 0.6 is 0 Å². The maximum atomic E-state index is 12.4. The third-order valence-electron chi connectivity index (χ3n) is 27.1. The summed E-state index contributed by atoms with van der Waals surface area (Å²) in [6.07, 6.45) is 21.7. The first kappa shape index (κ1) is 96.5. The van der Waals surface area contributed by atoms with Gasteiger partial charge in [-0.05, 0) is 313 Å². The lowest BCUT2D eigenvalue weighted by molar-refractivity contribution is -0.153. The first-order valence-corrected chi connectivity index (χ1v) is 45.4. The number of aliphatic hydroxyl groups is 4. The van der Waals surface area contributed by atoms with Crippen molar-refractivity contribution in [2.24, 2.45) is 76.9 Å². The van der Waals surface area contributed by atoms with Crippen LogP contribution in [0.1, 0.15) is 255 Å². The zero-order valence-electron chi connectivity index (χ0n) is 72.9. The molecule has 670 valence electrons. The fourth-order valence-electron chi connectivity index (χ4n) is 20.9. The average Bonchev–Trinajstić information content (AvgIpc) is 1.67. The molecular formula is C97H138O24. The number of carbonyl (C=O) groups excluding carboxylic acids is 4. The minimum absolute atomic E-state index is 0.110. The number of ether oxygens (including phenoxy) is 8. The molecule has 4 aromatic rings. The van der Waals surface area contributed by atoms with Gasteiger partial charge < -0.3 is 78.7 Å². The van der Waals surface area contributed by atoms with Gasteiger partial charge in [-0.3, -0.25) is 19.2 Å². The molecule has 0 heterocycles. The Morgan fingerprint density at radius 2 is 0.612 bits per heavy atom. The number of aliphatic carboxylic acids is 4. The van der Waals surface area contributed by atoms with Crippen LogP contribution in [0.25, 0.3) is 0 Å². The predicted octanol–water partition coefficient (Wildman–Crippen LogP) is 15.3. The molecule has 4 aromatic carbocycles. The Morgan fingerprint density at radius 3 is 0.851 bits per heavy atom. The van der Waals surface area contributed by atoms with E-state index in [1.54, 1.807) is 0 Å². The minimum atomic E-state index is -0.988. The second kappa shape index (κ2) is 47.5. The van der Waals surface area contributed by atoms with Gasteiger partial charge in [-0.2, -0.15) is 0 Å². The van der Waals surface area contributed by atoms with E-state index in [-0.39, 0.29) is 129 Å². The molecule has 121 heavy (non-hydrogen) atoms. The summed E-state index contributed by atoms with van der Waals surface area (Å²) in [5.74, 6) is 2.39. The predicted molar refractivity (Wildman–Crippen MR) is 454 cm³/mol. The van der Waals surface area contributed by atoms with Crippen LogP contribution in [0.3, 0.4) is 0 Å². The van der Waals surface area contributed by atoms with Gasteiger partial charge in [-0.25, -0.2) is 19.2 Å². The van der Waals surface area contributed by atoms with Gasteiger partial charge in [0.2, 0.25) is 0 Å². The minimum Gasteiger partial charge on any atom is -0.482 e. The zero-order chi connectivity index (χ0) is 87.6. The van der Waals surface area contributed by atoms with Crippen LogP contribution in [-0.2, 0) is 109 Å². The van der Waals surface area contributed by atoms with Crippen LogP contribution in [0, 0.1) is 76.9 Å². The number of unbranched alkanes of at least 4 members (excludes halogenated alkanes) is 1. The summed E-state index contributed by atoms with van der Waals surface area (Å²) < 4.78 is 45.8. The van der Waals surface area contributed by atoms with Crippen LogP contribution in [-0.4, -0.2) is 164 Å². The molecule has 0 amide bonds. The van der Waals surface area contributed by atoms with Crippen LogP contribution in [0.4, 0.5) is 0 Å². The first-order valence-electron chi connectivity index (χ1n) is 45.4. The molecule has 0 aliphatic heterocycles. The summed E-state index contributed by atoms with van der Waals surface area (Å²) in [5.41, 5.74) is 9.14. The smallest absolute Gasteiger partial charge is 0.341 e. The van der Waals surface area contributed by atoms with E-state index in [9.17, 15) is 58.8 Å². The summed E-state index contributed by atoms with van der Waals surface area (Å²) in [4.78, 5) is 92.7. The van der Waals surface area contributed by atoms with E-state index in [0.717, 1.165) is 196 Å². The molecule has 0 bridgehead atoms. The van der Waals surface area contributed by atoms with Gasteiger partial charge >= 0.3 is 47.8 Å². The van der Waals surface area contributed by atoms with Crippen molar-refractivity contribution >= 4 is 47.8 Å². The Hall–Kier alpha value is -8.32. The van der Waals surface area contributed by atoms with Crippen LogP contribution in [0.5, 0.6) is 23.0 Å². The fraction of sp³-hybridized carbons (Fsp3) is 0.670. The molecule has 8 aliphatic rings. The van der Waals surface area contributed by atoms with Crippen molar-refractivity contribution < 1.29 is 117 Å². The highest BCUT2D eigenvalue weighted by Gasteiger charge is 2.52. The standard InChI is InChI=1S/2C25H36O6.C24H34O6.C23H32O6/c1-4-18(26)8-9-19-20-11-16-6-5-7-22(30-14-24(27)28)21(16)12-17(20)13-23(19)31-25(29)10-15(2)3;1-3-5-9-25(29)31-23-14-17-13-21-16(7-6-8-22(21)30-15-24(27)28)12-20(17)19(23)11-10-18(26)4-2;1-3-6-24(28)30-22-13-16-12-20-15(7-5-8-21(20)29-14-23(26)27)11-19(16)18(22)10-9-17(25)4-2;1-3-16(24)8-9-17-18-10-14-6-5-7-20(28-13-22(25)26)19(14)11-15(18)12-21(17)29-23(27)4-2/h5-7,15,17-20,23,26H,4,8-14H2,1-3H3,(H,27,28);6-8,17-20,23,26H,3-5,9-15H2,1-2H3,(H,27,28);5,7-8,16-19,22,25H,3-4,6,9-14H2,1-2H3,(H,26,27);5-7,15-18,21,24H,3-4,8-13H2,1-2H3,(H,25,26)/t2*17-,18-,19+,20-,23+;16-,17-,18+,19-,22+;15-,16-,17+,18-,21+/m0000/s1. The topological polar surface area (TPSA) is 372 Å². The van der Waals surface area contributed by atoms with E-state index in [1.807, 2.05) is 104 Å². The van der Waals surface area contributed by atoms with Gasteiger partial charge in [0.15, 0.2) is 26.4 Å². The van der Waals surface area contributed by atoms with Gasteiger partial charge in [0.1, 0.15) is 47.4 Å². The molecule has 8 aliphatic carbocycles. The monoisotopic (exact) mass is 1690 g/mol. The average molecular weight is 1690 g/mol. The van der Waals surface area contributed by atoms with E-state index >= 15 is 0 Å². The van der Waals surface area contributed by atoms with Crippen LogP contribution in [0.2, 0.25) is 0 Å². The Bertz CT molecular complexity index is 4020. The Kier molecular flexibility index (Phi) is 37.9. The Morgan fingerprint density at radius 1 is 0.347 bits per heavy atom. The zero-order valence-corrected chi connectivity index (χ0v) is 72.9. The molecule has 12 rings (SSSR count). The molecular weight excluding hydrogens is 1550 g/mol. The van der Waals surface area contributed by atoms with Gasteiger partial charge in [-0.15, -0.1) is 0 Å². The van der Waals surface area contributed by atoms with Crippen molar-refractivity contribution in [3.05, 3.63) is 117 Å². The molecule has 0 spiro atoms. The van der Waals surface area contributed by atoms with Crippen LogP contribution < -0.4 is 18.9 Å². The molecule has 24 nitrogen and oxygen atoms in total. The van der Waals surface area contributed by atoms with E-state index < -0.39 is 23.9 Å². The molecule has 8 N–H and O–H groups in total. The first-order chi connectivity index (χ1) is 58.0. The van der Waals surface area contributed by atoms with Crippen LogP contribution in [0.15, 0.2) is 72.8 Å². The van der Waals surface area contributed by atoms with E-state index in [2.05, 4.69) is 31.2 Å². The van der Waals surface area contributed by atoms with Crippen molar-refractivity contribution in [1.82, 2.24) is 0 Å². The highest BCUT2D eigenvalue weighted by molar-refractivity contribution is 5.72. The van der Waals surface area contributed by atoms with E-state index in [4.69, 9.17) is 58.3 Å². The molecule has 4 fully saturated rings. The summed E-state index contributed by atoms with van der Waals surface area (Å²) in [6.45, 7) is 16.4. The lowest BCUT2D eigenvalue weighted by Crippen LogP contribution is -2.30. The highest BCUT2D eigenvalue weighted by atomic mass is 16.6. The molecule has 0 aromatic heterocycles. The third-order valence-corrected chi connectivity index (χ3v) is 27.1. The van der Waals surface area contributed by atoms with E-state index in [0.29, 0.717) is 96.0 Å². The van der Waals surface area contributed by atoms with Gasteiger partial charge in [0.25, 0.3) is 0 Å². The van der Waals surface area contributed by atoms with Gasteiger partial charge in [0.05, 0.1) is 24.4 Å². The second-order valence-corrected chi connectivity index (χ2v) is 35.7. The summed E-state index contributed by atoms with van der Waals surface area (Å²) in [5, 5.41) is 76.2. The number of carboxylic acid groups (broad SMARTS) is 4. The Balaban J connectivity index is 0.000000183. The number of hydrogen-bond acceptors (Lipinski definition) is 20. The third kappa shape index (κ3) is 27.6. The second-order valence-electron chi connectivity index (χ2n) is 35.7. The quantitative estimate of drug-likeness (QED) is 0.0151. The van der Waals surface area contributed by atoms with Crippen molar-refractivity contribution in [3.63, 3.8) is 0 Å². The number of benzene rings is 4. The number of rotatable bonds is 40. The molecule has 0 saturated heterocycles. The normalized spacial score (nSPS) is 25.8. The number of esters is 4. The molecule has 0 unspecified atom stereocenters. The van der Waals surface area contributed by atoms with Crippen molar-refractivity contribution in [2.45, 2.75) is 310 Å². The molecule has 4 saturated carbocycles. The number of carbonyl (C=O) groups is 8. The van der Waals surface area contributed by atoms with Crippen molar-refractivity contribution in [2.75, 3.05) is 26.4 Å². The Labute approximate surface area is 715 Å². The highest BCUT2D eigenvalue weighted by Crippen LogP contribution is 2.54. The van der Waals surface area contributed by atoms with Crippen molar-refractivity contribution in [1.29, 1.82) is 0 Å². The van der Waals surface area contributed by atoms with E-state index in [1.165, 1.54) is 22.3 Å². The van der Waals surface area contributed by atoms with Crippen molar-refractivity contribution in [3.8, 4) is 23.0 Å². The lowest BCUT2D eigenvalue weighted by Gasteiger charge is -2.32. The number of carboxylic acids is 4. The molecule has 0 radical (unpaired) electrons. The summed E-state index contributed by atoms with van der Waals surface area (Å²) in [7, 11) is 0. The SMILES string of the molecule is CCC(=O)O[C@@H]1C[C@@H]2Cc3c(cccc3OCC(=O)O)C[C@@H]2[C@H]1CC[C@@H](O)CC.CCCC(=O)O[C@@H]1C[C@@H]2Cc3c(cccc3OCC(=O)O)C[C@@H]2[C@H]1CC[C@@H](O)CC.CCCCC(=O)O[C@@H]1C[C@@H]2Cc3c(cccc3OCC(=O)O)C[C@@H]2[C@H]1CC[C@@H](O)CC.CC[C@H](O)CC[C@@H]1[C@H]2Cc3cccc(OCC(=O)O)c3C[C@H]2C[C@H]1OC(=O)CC(C)C. The van der Waals surface area contributed by atoms with Gasteiger partial charge in [-0.1, -0.05) is 117 Å². The summed E-state index contributed by atoms with van der Waals surface area (Å²) >= 11 is 0. The molecule has 20 atom stereocenters. The van der Waals surface area contributed by atoms with Gasteiger partial charge in [0, 0.05) is 25.7 Å². The summed E-state index contributed by atoms with van der Waals surface area (Å²) in [6, 6.07) is 23.4. The lowest BCUT2D eigenvalue weighted by atomic mass is 9.73. The largest absolute Gasteiger partial charge is 0.482 e. The fourth-order valence-corrected chi connectivity index (χ4v) is 20.9.